The fraction of sp³-hybridized carbons (Fsp3) is 0.294. The zero-order valence-electron chi connectivity index (χ0n) is 14.6. The van der Waals surface area contributed by atoms with Crippen molar-refractivity contribution in [1.82, 2.24) is 4.31 Å². The zero-order chi connectivity index (χ0) is 19.8. The molecule has 27 heavy (non-hydrogen) atoms. The lowest BCUT2D eigenvalue weighted by Crippen LogP contribution is -2.41. The lowest BCUT2D eigenvalue weighted by molar-refractivity contribution is -0.385. The molecule has 0 aromatic heterocycles. The van der Waals surface area contributed by atoms with Crippen LogP contribution >= 0.6 is 11.6 Å². The van der Waals surface area contributed by atoms with Crippen LogP contribution in [-0.2, 0) is 10.0 Å². The van der Waals surface area contributed by atoms with E-state index in [1.165, 1.54) is 20.0 Å². The number of ether oxygens (including phenoxy) is 2. The Bertz CT molecular complexity index is 995. The first kappa shape index (κ1) is 19.4. The normalized spacial score (nSPS) is 16.4. The molecule has 0 saturated heterocycles. The highest BCUT2D eigenvalue weighted by molar-refractivity contribution is 7.89. The van der Waals surface area contributed by atoms with Gasteiger partial charge in [0.1, 0.15) is 12.7 Å². The number of rotatable bonds is 5. The van der Waals surface area contributed by atoms with Gasteiger partial charge in [0.2, 0.25) is 10.0 Å². The van der Waals surface area contributed by atoms with Crippen LogP contribution in [0.5, 0.6) is 11.5 Å². The van der Waals surface area contributed by atoms with Crippen LogP contribution in [0.15, 0.2) is 41.3 Å². The topological polar surface area (TPSA) is 99.0 Å². The maximum absolute atomic E-state index is 12.8. The van der Waals surface area contributed by atoms with Gasteiger partial charge >= 0.3 is 0 Å². The molecule has 1 aliphatic heterocycles. The van der Waals surface area contributed by atoms with Crippen molar-refractivity contribution in [3.63, 3.8) is 0 Å². The van der Waals surface area contributed by atoms with Gasteiger partial charge in [-0.1, -0.05) is 23.7 Å². The number of hydrogen-bond donors (Lipinski definition) is 0. The summed E-state index contributed by atoms with van der Waals surface area (Å²) in [5, 5.41) is 11.2. The minimum atomic E-state index is -4.00. The average Bonchev–Trinajstić information content (AvgIpc) is 2.63. The van der Waals surface area contributed by atoms with Crippen LogP contribution in [0.1, 0.15) is 5.56 Å². The Morgan fingerprint density at radius 3 is 2.63 bits per heavy atom. The number of fused-ring (bicyclic) bond motifs is 1. The van der Waals surface area contributed by atoms with Gasteiger partial charge in [-0.25, -0.2) is 8.42 Å². The van der Waals surface area contributed by atoms with Crippen LogP contribution in [0.3, 0.4) is 0 Å². The third-order valence-corrected chi connectivity index (χ3v) is 6.42. The second-order valence-corrected chi connectivity index (χ2v) is 8.54. The molecule has 1 atom stereocenters. The number of para-hydroxylation sites is 2. The summed E-state index contributed by atoms with van der Waals surface area (Å²) in [4.78, 5) is 10.3. The Labute approximate surface area is 161 Å². The maximum Gasteiger partial charge on any atom is 0.275 e. The van der Waals surface area contributed by atoms with Gasteiger partial charge in [-0.15, -0.1) is 0 Å². The Balaban J connectivity index is 1.82. The molecule has 0 amide bonds. The van der Waals surface area contributed by atoms with E-state index in [2.05, 4.69) is 0 Å². The van der Waals surface area contributed by atoms with Crippen molar-refractivity contribution in [2.45, 2.75) is 17.9 Å². The van der Waals surface area contributed by atoms with E-state index in [1.807, 2.05) is 6.07 Å². The lowest BCUT2D eigenvalue weighted by Gasteiger charge is -2.29. The second kappa shape index (κ2) is 7.34. The molecule has 2 aromatic carbocycles. The summed E-state index contributed by atoms with van der Waals surface area (Å²) in [5.41, 5.74) is -0.135. The van der Waals surface area contributed by atoms with E-state index < -0.39 is 21.1 Å². The first-order valence-corrected chi connectivity index (χ1v) is 9.81. The predicted octanol–water partition coefficient (Wildman–Crippen LogP) is 3.02. The van der Waals surface area contributed by atoms with Crippen molar-refractivity contribution in [2.24, 2.45) is 0 Å². The minimum absolute atomic E-state index is 0.00988. The largest absolute Gasteiger partial charge is 0.486 e. The molecule has 144 valence electrons. The Morgan fingerprint density at radius 1 is 1.30 bits per heavy atom. The van der Waals surface area contributed by atoms with Crippen LogP contribution < -0.4 is 9.47 Å². The fourth-order valence-corrected chi connectivity index (χ4v) is 4.23. The maximum atomic E-state index is 12.8. The van der Waals surface area contributed by atoms with Gasteiger partial charge in [-0.3, -0.25) is 10.1 Å². The lowest BCUT2D eigenvalue weighted by atomic mass is 10.2. The Kier molecular flexibility index (Phi) is 5.27. The van der Waals surface area contributed by atoms with Crippen molar-refractivity contribution in [3.05, 3.63) is 57.1 Å². The number of benzene rings is 2. The van der Waals surface area contributed by atoms with Gasteiger partial charge < -0.3 is 9.47 Å². The van der Waals surface area contributed by atoms with Crippen molar-refractivity contribution < 1.29 is 22.8 Å². The first-order chi connectivity index (χ1) is 12.7. The number of hydrogen-bond acceptors (Lipinski definition) is 6. The number of nitro groups is 1. The van der Waals surface area contributed by atoms with Gasteiger partial charge in [0.05, 0.1) is 21.4 Å². The summed E-state index contributed by atoms with van der Waals surface area (Å²) in [7, 11) is -2.63. The molecule has 0 unspecified atom stereocenters. The zero-order valence-corrected chi connectivity index (χ0v) is 16.2. The fourth-order valence-electron chi connectivity index (χ4n) is 2.70. The molecule has 0 saturated carbocycles. The molecule has 0 spiro atoms. The van der Waals surface area contributed by atoms with E-state index >= 15 is 0 Å². The molecule has 0 aliphatic carbocycles. The van der Waals surface area contributed by atoms with Crippen LogP contribution in [0.2, 0.25) is 5.02 Å². The van der Waals surface area contributed by atoms with Crippen molar-refractivity contribution in [2.75, 3.05) is 20.2 Å². The molecule has 1 heterocycles. The molecule has 2 aromatic rings. The second-order valence-electron chi connectivity index (χ2n) is 6.09. The highest BCUT2D eigenvalue weighted by Crippen LogP contribution is 2.33. The average molecular weight is 413 g/mol. The van der Waals surface area contributed by atoms with Crippen molar-refractivity contribution in [1.29, 1.82) is 0 Å². The van der Waals surface area contributed by atoms with E-state index in [0.717, 1.165) is 10.4 Å². The van der Waals surface area contributed by atoms with Crippen LogP contribution in [0.4, 0.5) is 5.69 Å². The Hall–Kier alpha value is -2.36. The summed E-state index contributed by atoms with van der Waals surface area (Å²) in [6, 6.07) is 9.33. The first-order valence-electron chi connectivity index (χ1n) is 7.99. The SMILES string of the molecule is Cc1c(Cl)cc(S(=O)(=O)N(C)C[C@H]2COc3ccccc3O2)cc1[N+](=O)[O-]. The molecule has 10 heteroatoms. The molecule has 8 nitrogen and oxygen atoms in total. The molecule has 1 aliphatic rings. The molecule has 0 fully saturated rings. The monoisotopic (exact) mass is 412 g/mol. The van der Waals surface area contributed by atoms with Crippen LogP contribution in [-0.4, -0.2) is 43.9 Å². The van der Waals surface area contributed by atoms with E-state index in [-0.39, 0.29) is 34.3 Å². The highest BCUT2D eigenvalue weighted by Gasteiger charge is 2.30. The summed E-state index contributed by atoms with van der Waals surface area (Å²) < 4.78 is 38.1. The molecule has 3 rings (SSSR count). The molecular weight excluding hydrogens is 396 g/mol. The van der Waals surface area contributed by atoms with E-state index in [1.54, 1.807) is 18.2 Å². The summed E-state index contributed by atoms with van der Waals surface area (Å²) in [6.45, 7) is 1.66. The molecule has 0 bridgehead atoms. The number of halogens is 1. The third kappa shape index (κ3) is 3.85. The quantitative estimate of drug-likeness (QED) is 0.553. The molecule has 0 radical (unpaired) electrons. The van der Waals surface area contributed by atoms with Crippen molar-refractivity contribution >= 4 is 27.3 Å². The van der Waals surface area contributed by atoms with Crippen LogP contribution in [0, 0.1) is 17.0 Å². The van der Waals surface area contributed by atoms with E-state index in [9.17, 15) is 18.5 Å². The van der Waals surface area contributed by atoms with E-state index in [4.69, 9.17) is 21.1 Å². The van der Waals surface area contributed by atoms with Crippen molar-refractivity contribution in [3.8, 4) is 11.5 Å². The highest BCUT2D eigenvalue weighted by atomic mass is 35.5. The Morgan fingerprint density at radius 2 is 1.96 bits per heavy atom. The third-order valence-electron chi connectivity index (χ3n) is 4.22. The standard InChI is InChI=1S/C17H17ClN2O6S/c1-11-14(18)7-13(8-15(11)20(21)22)27(23,24)19(2)9-12-10-25-16-5-3-4-6-17(16)26-12/h3-8,12H,9-10H2,1-2H3/t12-/m0/s1. The number of nitrogens with zero attached hydrogens (tertiary/aromatic N) is 2. The summed E-state index contributed by atoms with van der Waals surface area (Å²) >= 11 is 5.99. The van der Waals surface area contributed by atoms with Gasteiger partial charge in [0.25, 0.3) is 5.69 Å². The van der Waals surface area contributed by atoms with Gasteiger partial charge in [-0.2, -0.15) is 4.31 Å². The predicted molar refractivity (Wildman–Crippen MR) is 99.0 cm³/mol. The van der Waals surface area contributed by atoms with Gasteiger partial charge in [0.15, 0.2) is 11.5 Å². The number of nitro benzene ring substituents is 1. The smallest absolute Gasteiger partial charge is 0.275 e. The van der Waals surface area contributed by atoms with Gasteiger partial charge in [-0.05, 0) is 25.1 Å². The molecular formula is C17H17ClN2O6S. The van der Waals surface area contributed by atoms with Crippen LogP contribution in [0.25, 0.3) is 0 Å². The summed E-state index contributed by atoms with van der Waals surface area (Å²) in [5.74, 6) is 1.13. The van der Waals surface area contributed by atoms with Gasteiger partial charge in [0, 0.05) is 18.7 Å². The number of likely N-dealkylation sites (N-methyl/N-ethyl adjacent to an activating group) is 1. The summed E-state index contributed by atoms with van der Waals surface area (Å²) in [6.07, 6.45) is -0.518. The minimum Gasteiger partial charge on any atom is -0.486 e. The van der Waals surface area contributed by atoms with E-state index in [0.29, 0.717) is 11.5 Å². The molecule has 0 N–H and O–H groups in total. The number of sulfonamides is 1.